The van der Waals surface area contributed by atoms with Crippen molar-refractivity contribution in [3.63, 3.8) is 0 Å². The number of nitrogens with two attached hydrogens (primary N) is 1. The number of rotatable bonds is 8. The van der Waals surface area contributed by atoms with Crippen molar-refractivity contribution in [1.29, 1.82) is 0 Å². The molecule has 2 aliphatic heterocycles. The van der Waals surface area contributed by atoms with Gasteiger partial charge in [0.1, 0.15) is 18.1 Å². The van der Waals surface area contributed by atoms with Crippen molar-refractivity contribution in [3.8, 4) is 0 Å². The largest absolute Gasteiger partial charge is 0.481 e. The van der Waals surface area contributed by atoms with Gasteiger partial charge in [0, 0.05) is 14.2 Å². The molecule has 4 N–H and O–H groups in total. The number of carbonyl (C=O) groups excluding carboxylic acids is 1. The molecule has 0 spiro atoms. The summed E-state index contributed by atoms with van der Waals surface area (Å²) in [5.74, 6) is 0.408. The SMILES string of the molecule is C=C(C)/C=C\C=C(C)C.CC.CN1CCCC1.CN=C(N)C1=C(/N=C/OCCOC)NCC(=O)N1. The zero-order valence-corrected chi connectivity index (χ0v) is 23.1. The minimum Gasteiger partial charge on any atom is -0.481 e. The van der Waals surface area contributed by atoms with Crippen molar-refractivity contribution >= 4 is 18.1 Å². The van der Waals surface area contributed by atoms with Crippen molar-refractivity contribution < 1.29 is 14.3 Å². The van der Waals surface area contributed by atoms with E-state index >= 15 is 0 Å². The number of nitrogens with zero attached hydrogens (tertiary/aromatic N) is 3. The van der Waals surface area contributed by atoms with E-state index in [1.165, 1.54) is 45.0 Å². The number of nitrogens with one attached hydrogen (secondary N) is 2. The Morgan fingerprint density at radius 1 is 1.20 bits per heavy atom. The molecule has 0 unspecified atom stereocenters. The number of hydrogen-bond acceptors (Lipinski definition) is 7. The molecule has 0 aromatic heterocycles. The van der Waals surface area contributed by atoms with E-state index in [0.717, 1.165) is 5.57 Å². The van der Waals surface area contributed by atoms with Gasteiger partial charge in [-0.05, 0) is 53.8 Å². The molecule has 200 valence electrons. The van der Waals surface area contributed by atoms with Crippen molar-refractivity contribution in [2.75, 3.05) is 54.1 Å². The Morgan fingerprint density at radius 2 is 1.83 bits per heavy atom. The third kappa shape index (κ3) is 20.2. The summed E-state index contributed by atoms with van der Waals surface area (Å²) in [5.41, 5.74) is 8.41. The van der Waals surface area contributed by atoms with Gasteiger partial charge >= 0.3 is 0 Å². The van der Waals surface area contributed by atoms with Crippen LogP contribution in [-0.2, 0) is 14.3 Å². The molecule has 1 saturated heterocycles. The van der Waals surface area contributed by atoms with Crippen molar-refractivity contribution in [2.45, 2.75) is 47.5 Å². The van der Waals surface area contributed by atoms with E-state index in [9.17, 15) is 4.79 Å². The summed E-state index contributed by atoms with van der Waals surface area (Å²) in [7, 11) is 5.28. The Balaban J connectivity index is 0. The third-order valence-corrected chi connectivity index (χ3v) is 4.22. The van der Waals surface area contributed by atoms with E-state index in [-0.39, 0.29) is 18.3 Å². The van der Waals surface area contributed by atoms with Crippen LogP contribution in [0.1, 0.15) is 47.5 Å². The molecule has 1 amide bonds. The van der Waals surface area contributed by atoms with Gasteiger partial charge in [-0.25, -0.2) is 4.99 Å². The number of amidine groups is 1. The van der Waals surface area contributed by atoms with Crippen LogP contribution < -0.4 is 16.4 Å². The van der Waals surface area contributed by atoms with Crippen LogP contribution in [0.5, 0.6) is 0 Å². The van der Waals surface area contributed by atoms with Gasteiger partial charge in [-0.15, -0.1) is 0 Å². The highest BCUT2D eigenvalue weighted by Crippen LogP contribution is 2.04. The zero-order valence-electron chi connectivity index (χ0n) is 23.1. The van der Waals surface area contributed by atoms with Gasteiger partial charge in [0.2, 0.25) is 5.91 Å². The quantitative estimate of drug-likeness (QED) is 0.207. The number of aliphatic imine (C=N–C) groups is 2. The number of carbonyl (C=O) groups is 1. The first-order valence-electron chi connectivity index (χ1n) is 12.0. The van der Waals surface area contributed by atoms with E-state index < -0.39 is 0 Å². The molecule has 2 heterocycles. The highest BCUT2D eigenvalue weighted by atomic mass is 16.5. The average molecular weight is 493 g/mol. The van der Waals surface area contributed by atoms with E-state index in [0.29, 0.717) is 24.7 Å². The van der Waals surface area contributed by atoms with Gasteiger partial charge < -0.3 is 30.7 Å². The first kappa shape index (κ1) is 34.3. The topological polar surface area (TPSA) is 114 Å². The fraction of sp³-hybridized carbons (Fsp3) is 0.577. The predicted molar refractivity (Wildman–Crippen MR) is 149 cm³/mol. The summed E-state index contributed by atoms with van der Waals surface area (Å²) in [5, 5.41) is 5.42. The summed E-state index contributed by atoms with van der Waals surface area (Å²) >= 11 is 0. The van der Waals surface area contributed by atoms with Crippen LogP contribution >= 0.6 is 0 Å². The van der Waals surface area contributed by atoms with E-state index in [1.807, 2.05) is 32.9 Å². The van der Waals surface area contributed by atoms with Crippen LogP contribution in [0.15, 0.2) is 57.5 Å². The number of ether oxygens (including phenoxy) is 2. The lowest BCUT2D eigenvalue weighted by Crippen LogP contribution is -2.44. The van der Waals surface area contributed by atoms with Crippen LogP contribution in [0.25, 0.3) is 0 Å². The molecule has 2 rings (SSSR count). The smallest absolute Gasteiger partial charge is 0.243 e. The number of methoxy groups -OCH3 is 1. The monoisotopic (exact) mass is 492 g/mol. The van der Waals surface area contributed by atoms with Gasteiger partial charge in [0.15, 0.2) is 12.2 Å². The van der Waals surface area contributed by atoms with Crippen LogP contribution in [0, 0.1) is 0 Å². The number of amides is 1. The van der Waals surface area contributed by atoms with E-state index in [2.05, 4.69) is 59.1 Å². The lowest BCUT2D eigenvalue weighted by atomic mass is 10.2. The summed E-state index contributed by atoms with van der Waals surface area (Å²) in [6, 6.07) is 0. The number of hydrogen-bond donors (Lipinski definition) is 3. The molecule has 1 fully saturated rings. The number of allylic oxidation sites excluding steroid dienone is 5. The van der Waals surface area contributed by atoms with Gasteiger partial charge in [0.05, 0.1) is 13.2 Å². The Kier molecular flexibility index (Phi) is 22.4. The van der Waals surface area contributed by atoms with Gasteiger partial charge in [-0.3, -0.25) is 9.79 Å². The fourth-order valence-electron chi connectivity index (χ4n) is 2.46. The second-order valence-corrected chi connectivity index (χ2v) is 7.79. The lowest BCUT2D eigenvalue weighted by Gasteiger charge is -2.19. The second-order valence-electron chi connectivity index (χ2n) is 7.79. The number of likely N-dealkylation sites (tertiary alicyclic amines) is 1. The Bertz CT molecular complexity index is 744. The zero-order chi connectivity index (χ0) is 27.1. The van der Waals surface area contributed by atoms with E-state index in [1.54, 1.807) is 7.11 Å². The molecule has 0 aliphatic carbocycles. The first-order chi connectivity index (χ1) is 16.7. The molecule has 0 atom stereocenters. The third-order valence-electron chi connectivity index (χ3n) is 4.22. The molecule has 0 aromatic rings. The fourth-order valence-corrected chi connectivity index (χ4v) is 2.46. The lowest BCUT2D eigenvalue weighted by molar-refractivity contribution is -0.119. The highest BCUT2D eigenvalue weighted by molar-refractivity contribution is 6.02. The molecule has 0 radical (unpaired) electrons. The van der Waals surface area contributed by atoms with Crippen molar-refractivity contribution in [2.24, 2.45) is 15.7 Å². The summed E-state index contributed by atoms with van der Waals surface area (Å²) in [6.07, 6.45) is 10.2. The summed E-state index contributed by atoms with van der Waals surface area (Å²) < 4.78 is 9.90. The summed E-state index contributed by atoms with van der Waals surface area (Å²) in [4.78, 5) is 21.4. The van der Waals surface area contributed by atoms with Crippen LogP contribution in [-0.4, -0.2) is 77.1 Å². The Labute approximate surface area is 212 Å². The first-order valence-corrected chi connectivity index (χ1v) is 12.0. The maximum absolute atomic E-state index is 11.2. The summed E-state index contributed by atoms with van der Waals surface area (Å²) in [6.45, 7) is 17.5. The molecule has 9 nitrogen and oxygen atoms in total. The van der Waals surface area contributed by atoms with Crippen LogP contribution in [0.4, 0.5) is 0 Å². The van der Waals surface area contributed by atoms with Crippen molar-refractivity contribution in [3.05, 3.63) is 47.5 Å². The predicted octanol–water partition coefficient (Wildman–Crippen LogP) is 3.38. The van der Waals surface area contributed by atoms with E-state index in [4.69, 9.17) is 15.2 Å². The highest BCUT2D eigenvalue weighted by Gasteiger charge is 2.19. The molecule has 35 heavy (non-hydrogen) atoms. The standard InChI is InChI=1S/C10H17N5O3.C9H14.C5H11N.C2H6/c1-12-9(11)8-10(13-5-7(16)15-8)14-6-18-4-3-17-2;1-8(2)6-5-7-9(3)4;1-6-4-2-3-5-6;1-2/h6,13H,3-5H2,1-2H3,(H2,11,12)(H,15,16);5-7H,1H2,2-4H3;2-5H2,1H3;1-2H3/b14-6+;6-5-;;. The molecule has 0 saturated carbocycles. The van der Waals surface area contributed by atoms with Crippen LogP contribution in [0.2, 0.25) is 0 Å². The average Bonchev–Trinajstić information content (AvgIpc) is 3.31. The normalized spacial score (nSPS) is 15.7. The minimum atomic E-state index is -0.198. The van der Waals surface area contributed by atoms with Gasteiger partial charge in [-0.2, -0.15) is 0 Å². The van der Waals surface area contributed by atoms with Crippen LogP contribution in [0.3, 0.4) is 0 Å². The maximum Gasteiger partial charge on any atom is 0.243 e. The Morgan fingerprint density at radius 3 is 2.29 bits per heavy atom. The maximum atomic E-state index is 11.2. The minimum absolute atomic E-state index is 0.130. The molecule has 2 aliphatic rings. The molecular formula is C26H48N6O3. The van der Waals surface area contributed by atoms with Gasteiger partial charge in [0.25, 0.3) is 0 Å². The Hall–Kier alpha value is -2.91. The molecular weight excluding hydrogens is 444 g/mol. The van der Waals surface area contributed by atoms with Crippen molar-refractivity contribution in [1.82, 2.24) is 15.5 Å². The molecule has 0 aromatic carbocycles. The second kappa shape index (κ2) is 22.9. The molecule has 9 heteroatoms. The van der Waals surface area contributed by atoms with Gasteiger partial charge in [-0.1, -0.05) is 49.8 Å². The molecule has 0 bridgehead atoms.